The van der Waals surface area contributed by atoms with Gasteiger partial charge < -0.3 is 0 Å². The topological polar surface area (TPSA) is 82.5 Å². The zero-order chi connectivity index (χ0) is 19.8. The Labute approximate surface area is 171 Å². The van der Waals surface area contributed by atoms with E-state index in [-0.39, 0.29) is 12.2 Å². The van der Waals surface area contributed by atoms with E-state index in [1.54, 1.807) is 0 Å². The van der Waals surface area contributed by atoms with Gasteiger partial charge in [-0.05, 0) is 0 Å². The molecule has 0 radical (unpaired) electrons. The van der Waals surface area contributed by atoms with Gasteiger partial charge in [0.1, 0.15) is 0 Å². The summed E-state index contributed by atoms with van der Waals surface area (Å²) in [7, 11) is 0. The Morgan fingerprint density at radius 3 is 2.17 bits per heavy atom. The Balaban J connectivity index is 1.49. The maximum atomic E-state index is 12.2. The molecule has 0 unspecified atom stereocenters. The first-order chi connectivity index (χ1) is 14.2. The number of nitrogens with zero attached hydrogens (tertiary/aromatic N) is 1. The summed E-state index contributed by atoms with van der Waals surface area (Å²) < 4.78 is 22.9. The van der Waals surface area contributed by atoms with Crippen molar-refractivity contribution in [3.05, 3.63) is 93.8 Å². The molecule has 2 saturated heterocycles. The third-order valence-corrected chi connectivity index (χ3v) is 15.1. The molecule has 3 atom stereocenters. The average molecular weight is 499 g/mol. The van der Waals surface area contributed by atoms with Crippen LogP contribution in [0.5, 0.6) is 0 Å². The van der Waals surface area contributed by atoms with Crippen molar-refractivity contribution in [1.82, 2.24) is 9.55 Å². The number of ether oxygens (including phenoxy) is 1. The number of hydrogen-bond acceptors (Lipinski definition) is 5. The van der Waals surface area contributed by atoms with Crippen LogP contribution in [0, 0.1) is 0 Å². The minimum absolute atomic E-state index is 0.177. The van der Waals surface area contributed by atoms with E-state index >= 15 is 0 Å². The molecule has 3 heterocycles. The summed E-state index contributed by atoms with van der Waals surface area (Å²) in [4.78, 5) is 25.8. The van der Waals surface area contributed by atoms with E-state index in [0.717, 1.165) is 7.16 Å². The van der Waals surface area contributed by atoms with Crippen LogP contribution in [0.1, 0.15) is 12.6 Å². The van der Waals surface area contributed by atoms with Gasteiger partial charge in [0.2, 0.25) is 0 Å². The van der Waals surface area contributed by atoms with Gasteiger partial charge in [-0.15, -0.1) is 0 Å². The van der Waals surface area contributed by atoms with Crippen LogP contribution in [0.3, 0.4) is 0 Å². The minimum atomic E-state index is -3.85. The Morgan fingerprint density at radius 1 is 0.897 bits per heavy atom. The van der Waals surface area contributed by atoms with E-state index in [2.05, 4.69) is 29.2 Å². The fraction of sp³-hybridized carbons (Fsp3) is 0.238. The number of nitrogens with one attached hydrogen (secondary N) is 1. The zero-order valence-electron chi connectivity index (χ0n) is 15.6. The van der Waals surface area contributed by atoms with Crippen molar-refractivity contribution < 1.29 is 10.9 Å². The number of fused-ring (bicyclic) bond motifs is 1. The van der Waals surface area contributed by atoms with Crippen molar-refractivity contribution in [1.29, 1.82) is 0 Å². The van der Waals surface area contributed by atoms with E-state index in [4.69, 9.17) is 10.9 Å². The predicted molar refractivity (Wildman–Crippen MR) is 109 cm³/mol. The van der Waals surface area contributed by atoms with E-state index in [1.807, 2.05) is 36.4 Å². The third-order valence-electron chi connectivity index (χ3n) is 5.42. The van der Waals surface area contributed by atoms with Crippen LogP contribution < -0.4 is 18.4 Å². The number of H-pyrrole nitrogens is 1. The normalized spacial score (nSPS) is 25.4. The Bertz CT molecular complexity index is 1080. The van der Waals surface area contributed by atoms with Crippen LogP contribution in [0.2, 0.25) is 0 Å². The van der Waals surface area contributed by atoms with E-state index < -0.39 is 36.7 Å². The molecule has 0 bridgehead atoms. The number of rotatable bonds is 3. The number of benzene rings is 2. The van der Waals surface area contributed by atoms with Gasteiger partial charge in [-0.3, -0.25) is 0 Å². The van der Waals surface area contributed by atoms with Gasteiger partial charge in [0.15, 0.2) is 0 Å². The standard InChI is InChI=1S/C9H10N2O5.2C6H5.Sn/c12-4-6-5(13)3-8(16-6)11-2-1-7(14)10-9(11)15;2*1-2-4-6-5-3-1;/h1-2,5-6,8H,3-4H2,(H,10,14,15);2*1-5H;/q-2;;;+2/t5-,6-,8-;;;/m0.../s1. The second-order valence-electron chi connectivity index (χ2n) is 7.20. The SMILES string of the molecule is O=c1ccn([C@@H]2C[C@@H]3[O][Sn]([c]4ccccc4)([c]4ccccc4)[O]C[C@@H]3O2)c(=O)[nH]1. The van der Waals surface area contributed by atoms with E-state index in [9.17, 15) is 9.59 Å². The number of aromatic amines is 1. The van der Waals surface area contributed by atoms with Crippen molar-refractivity contribution in [3.63, 3.8) is 0 Å². The Hall–Kier alpha value is -2.20. The first-order valence-corrected chi connectivity index (χ1v) is 14.7. The van der Waals surface area contributed by atoms with E-state index in [0.29, 0.717) is 13.0 Å². The molecule has 3 aromatic rings. The predicted octanol–water partition coefficient (Wildman–Crippen LogP) is 0.496. The van der Waals surface area contributed by atoms with Gasteiger partial charge in [0.05, 0.1) is 0 Å². The third kappa shape index (κ3) is 3.37. The van der Waals surface area contributed by atoms with Gasteiger partial charge >= 0.3 is 172 Å². The summed E-state index contributed by atoms with van der Waals surface area (Å²) in [5, 5.41) is 0. The summed E-state index contributed by atoms with van der Waals surface area (Å²) in [6.45, 7) is 0.416. The van der Waals surface area contributed by atoms with Gasteiger partial charge in [-0.25, -0.2) is 0 Å². The molecule has 2 aliphatic rings. The molecule has 5 rings (SSSR count). The maximum absolute atomic E-state index is 12.2. The second kappa shape index (κ2) is 7.56. The summed E-state index contributed by atoms with van der Waals surface area (Å²) in [6, 6.07) is 21.6. The van der Waals surface area contributed by atoms with Crippen LogP contribution in [-0.4, -0.2) is 47.6 Å². The molecular formula is C21H20N2O5Sn. The summed E-state index contributed by atoms with van der Waals surface area (Å²) in [5.74, 6) is 0. The fourth-order valence-electron chi connectivity index (χ4n) is 4.03. The zero-order valence-corrected chi connectivity index (χ0v) is 18.4. The van der Waals surface area contributed by atoms with Crippen LogP contribution in [0.15, 0.2) is 82.5 Å². The summed E-state index contributed by atoms with van der Waals surface area (Å²) >= 11 is -3.85. The fourth-order valence-corrected chi connectivity index (χ4v) is 13.6. The summed E-state index contributed by atoms with van der Waals surface area (Å²) in [5.41, 5.74) is -0.910. The van der Waals surface area contributed by atoms with Crippen LogP contribution in [-0.2, 0) is 10.9 Å². The molecular weight excluding hydrogens is 479 g/mol. The molecule has 0 amide bonds. The molecule has 2 aliphatic heterocycles. The molecule has 2 fully saturated rings. The molecule has 0 saturated carbocycles. The van der Waals surface area contributed by atoms with Crippen LogP contribution in [0.25, 0.3) is 0 Å². The number of aromatic nitrogens is 2. The molecule has 29 heavy (non-hydrogen) atoms. The Kier molecular flexibility index (Phi) is 4.90. The second-order valence-corrected chi connectivity index (χ2v) is 15.5. The average Bonchev–Trinajstić information content (AvgIpc) is 3.17. The number of hydrogen-bond donors (Lipinski definition) is 1. The first-order valence-electron chi connectivity index (χ1n) is 9.55. The molecule has 148 valence electrons. The van der Waals surface area contributed by atoms with Crippen molar-refractivity contribution in [3.8, 4) is 0 Å². The van der Waals surface area contributed by atoms with Crippen molar-refractivity contribution in [2.24, 2.45) is 0 Å². The molecule has 2 aromatic carbocycles. The molecule has 7 nitrogen and oxygen atoms in total. The molecule has 0 spiro atoms. The van der Waals surface area contributed by atoms with Crippen molar-refractivity contribution in [2.75, 3.05) is 6.61 Å². The van der Waals surface area contributed by atoms with Crippen molar-refractivity contribution >= 4 is 26.4 Å². The monoisotopic (exact) mass is 500 g/mol. The quantitative estimate of drug-likeness (QED) is 0.532. The summed E-state index contributed by atoms with van der Waals surface area (Å²) in [6.07, 6.45) is 1.07. The van der Waals surface area contributed by atoms with Gasteiger partial charge in [0.25, 0.3) is 0 Å². The van der Waals surface area contributed by atoms with Gasteiger partial charge in [-0.1, -0.05) is 0 Å². The van der Waals surface area contributed by atoms with Crippen LogP contribution in [0.4, 0.5) is 0 Å². The van der Waals surface area contributed by atoms with Crippen molar-refractivity contribution in [2.45, 2.75) is 24.9 Å². The molecule has 1 aromatic heterocycles. The molecule has 1 N–H and O–H groups in total. The van der Waals surface area contributed by atoms with Crippen LogP contribution >= 0.6 is 0 Å². The molecule has 8 heteroatoms. The first kappa shape index (κ1) is 18.8. The van der Waals surface area contributed by atoms with E-state index in [1.165, 1.54) is 16.8 Å². The van der Waals surface area contributed by atoms with Gasteiger partial charge in [0, 0.05) is 0 Å². The van der Waals surface area contributed by atoms with Gasteiger partial charge in [-0.2, -0.15) is 0 Å². The molecule has 0 aliphatic carbocycles. The Morgan fingerprint density at radius 2 is 1.55 bits per heavy atom.